The monoisotopic (exact) mass is 839 g/mol. The van der Waals surface area contributed by atoms with E-state index in [1.165, 1.54) is 57.0 Å². The van der Waals surface area contributed by atoms with E-state index in [-0.39, 0.29) is 0 Å². The second-order valence-corrected chi connectivity index (χ2v) is 18.1. The van der Waals surface area contributed by atoms with Gasteiger partial charge in [-0.1, -0.05) is 146 Å². The van der Waals surface area contributed by atoms with E-state index in [1.807, 2.05) is 71.2 Å². The average molecular weight is 840 g/mol. The van der Waals surface area contributed by atoms with Crippen LogP contribution in [0.5, 0.6) is 0 Å². The largest absolute Gasteiger partial charge is 0.456 e. The maximum atomic E-state index is 6.59. The molecule has 4 heterocycles. The number of hydrogen-bond donors (Lipinski definition) is 0. The van der Waals surface area contributed by atoms with Crippen LogP contribution in [0.25, 0.3) is 130 Å². The van der Waals surface area contributed by atoms with Crippen molar-refractivity contribution in [2.45, 2.75) is 0 Å². The van der Waals surface area contributed by atoms with Gasteiger partial charge < -0.3 is 4.42 Å². The van der Waals surface area contributed by atoms with Crippen molar-refractivity contribution in [2.24, 2.45) is 0 Å². The Labute approximate surface area is 370 Å². The lowest BCUT2D eigenvalue weighted by molar-refractivity contribution is 0.669. The molecule has 13 rings (SSSR count). The van der Waals surface area contributed by atoms with Crippen molar-refractivity contribution in [1.82, 2.24) is 15.0 Å². The van der Waals surface area contributed by atoms with Gasteiger partial charge in [-0.25, -0.2) is 15.0 Å². The lowest BCUT2D eigenvalue weighted by Crippen LogP contribution is -2.00. The Morgan fingerprint density at radius 1 is 0.286 bits per heavy atom. The number of nitrogens with zero attached hydrogens (tertiary/aromatic N) is 3. The van der Waals surface area contributed by atoms with Crippen LogP contribution in [0.1, 0.15) is 0 Å². The molecule has 0 fully saturated rings. The summed E-state index contributed by atoms with van der Waals surface area (Å²) in [6.45, 7) is 0. The first-order valence-electron chi connectivity index (χ1n) is 21.0. The van der Waals surface area contributed by atoms with Crippen LogP contribution in [-0.2, 0) is 0 Å². The van der Waals surface area contributed by atoms with E-state index in [2.05, 4.69) is 152 Å². The van der Waals surface area contributed by atoms with Crippen molar-refractivity contribution in [3.05, 3.63) is 200 Å². The molecule has 0 radical (unpaired) electrons. The zero-order valence-corrected chi connectivity index (χ0v) is 35.3. The fraction of sp³-hybridized carbons (Fsp3) is 0. The molecule has 0 aliphatic carbocycles. The third-order valence-electron chi connectivity index (χ3n) is 12.1. The van der Waals surface area contributed by atoms with Gasteiger partial charge >= 0.3 is 0 Å². The molecule has 0 bridgehead atoms. The van der Waals surface area contributed by atoms with Crippen LogP contribution in [0.2, 0.25) is 0 Å². The molecule has 294 valence electrons. The zero-order chi connectivity index (χ0) is 41.4. The first kappa shape index (κ1) is 35.9. The highest BCUT2D eigenvalue weighted by molar-refractivity contribution is 7.26. The highest BCUT2D eigenvalue weighted by Crippen LogP contribution is 2.45. The summed E-state index contributed by atoms with van der Waals surface area (Å²) in [5, 5.41) is 7.16. The predicted molar refractivity (Wildman–Crippen MR) is 265 cm³/mol. The van der Waals surface area contributed by atoms with Crippen molar-refractivity contribution in [2.75, 3.05) is 0 Å². The minimum Gasteiger partial charge on any atom is -0.456 e. The molecule has 0 atom stereocenters. The molecule has 4 nitrogen and oxygen atoms in total. The maximum Gasteiger partial charge on any atom is 0.164 e. The Hall–Kier alpha value is -7.77. The van der Waals surface area contributed by atoms with Gasteiger partial charge in [0.2, 0.25) is 0 Å². The Morgan fingerprint density at radius 3 is 1.76 bits per heavy atom. The van der Waals surface area contributed by atoms with E-state index in [0.717, 1.165) is 55.3 Å². The van der Waals surface area contributed by atoms with Gasteiger partial charge in [-0.3, -0.25) is 0 Å². The van der Waals surface area contributed by atoms with E-state index < -0.39 is 0 Å². The van der Waals surface area contributed by atoms with E-state index in [4.69, 9.17) is 19.4 Å². The lowest BCUT2D eigenvalue weighted by Gasteiger charge is -2.10. The normalized spacial score (nSPS) is 11.8. The number of rotatable bonds is 6. The van der Waals surface area contributed by atoms with Gasteiger partial charge in [0.1, 0.15) is 11.2 Å². The van der Waals surface area contributed by atoms with Crippen molar-refractivity contribution in [3.63, 3.8) is 0 Å². The number of benzene rings is 9. The summed E-state index contributed by atoms with van der Waals surface area (Å²) in [7, 11) is 0. The molecule has 9 aromatic carbocycles. The van der Waals surface area contributed by atoms with Crippen molar-refractivity contribution >= 4 is 85.0 Å². The van der Waals surface area contributed by atoms with Gasteiger partial charge in [0.25, 0.3) is 0 Å². The Morgan fingerprint density at radius 2 is 0.873 bits per heavy atom. The number of fused-ring (bicyclic) bond motifs is 9. The molecule has 13 aromatic rings. The molecule has 4 aromatic heterocycles. The highest BCUT2D eigenvalue weighted by atomic mass is 32.1. The summed E-state index contributed by atoms with van der Waals surface area (Å²) in [6, 6.07) is 70.9. The standard InChI is InChI=1S/C57H33N3OS2/c1-3-12-34(13-4-1)36-16-9-17-40(30-36)56-58-55(35-14-5-2-6-15-35)59-57(60-56)44-20-10-21-48-53(44)45-32-39(25-28-47(45)61-48)41-19-11-23-51-54(41)46-31-37(26-29-50(46)62-51)38-24-27-43-42-18-7-8-22-49(42)63-52(43)33-38/h1-33H. The number of aromatic nitrogens is 3. The van der Waals surface area contributed by atoms with Gasteiger partial charge in [-0.15, -0.1) is 22.7 Å². The van der Waals surface area contributed by atoms with Gasteiger partial charge in [0.05, 0.1) is 0 Å². The molecule has 0 spiro atoms. The van der Waals surface area contributed by atoms with Crippen LogP contribution in [0.3, 0.4) is 0 Å². The Balaban J connectivity index is 0.963. The summed E-state index contributed by atoms with van der Waals surface area (Å²) < 4.78 is 11.8. The molecule has 0 unspecified atom stereocenters. The summed E-state index contributed by atoms with van der Waals surface area (Å²) in [4.78, 5) is 15.5. The van der Waals surface area contributed by atoms with Gasteiger partial charge in [0, 0.05) is 67.8 Å². The van der Waals surface area contributed by atoms with E-state index in [9.17, 15) is 0 Å². The second-order valence-electron chi connectivity index (χ2n) is 15.9. The summed E-state index contributed by atoms with van der Waals surface area (Å²) in [5.41, 5.74) is 11.3. The van der Waals surface area contributed by atoms with E-state index in [1.54, 1.807) is 0 Å². The Bertz CT molecular complexity index is 3920. The third kappa shape index (κ3) is 6.06. The molecule has 0 saturated carbocycles. The van der Waals surface area contributed by atoms with E-state index in [0.29, 0.717) is 17.5 Å². The van der Waals surface area contributed by atoms with Gasteiger partial charge in [-0.05, 0) is 88.0 Å². The third-order valence-corrected chi connectivity index (χ3v) is 14.4. The zero-order valence-electron chi connectivity index (χ0n) is 33.6. The van der Waals surface area contributed by atoms with Crippen molar-refractivity contribution < 1.29 is 4.42 Å². The fourth-order valence-electron chi connectivity index (χ4n) is 9.14. The smallest absolute Gasteiger partial charge is 0.164 e. The highest BCUT2D eigenvalue weighted by Gasteiger charge is 2.20. The molecular weight excluding hydrogens is 807 g/mol. The topological polar surface area (TPSA) is 51.8 Å². The van der Waals surface area contributed by atoms with Crippen molar-refractivity contribution in [1.29, 1.82) is 0 Å². The quantitative estimate of drug-likeness (QED) is 0.167. The first-order chi connectivity index (χ1) is 31.2. The maximum absolute atomic E-state index is 6.59. The van der Waals surface area contributed by atoms with Crippen LogP contribution in [-0.4, -0.2) is 15.0 Å². The molecule has 0 saturated heterocycles. The van der Waals surface area contributed by atoms with Crippen molar-refractivity contribution in [3.8, 4) is 67.5 Å². The fourth-order valence-corrected chi connectivity index (χ4v) is 11.4. The molecule has 0 aliphatic heterocycles. The number of hydrogen-bond acceptors (Lipinski definition) is 6. The molecular formula is C57H33N3OS2. The first-order valence-corrected chi connectivity index (χ1v) is 22.6. The Kier molecular flexibility index (Phi) is 8.22. The van der Waals surface area contributed by atoms with Gasteiger partial charge in [0.15, 0.2) is 17.5 Å². The lowest BCUT2D eigenvalue weighted by atomic mass is 9.95. The van der Waals surface area contributed by atoms with Crippen LogP contribution in [0, 0.1) is 0 Å². The molecule has 63 heavy (non-hydrogen) atoms. The van der Waals surface area contributed by atoms with Crippen LogP contribution < -0.4 is 0 Å². The van der Waals surface area contributed by atoms with Gasteiger partial charge in [-0.2, -0.15) is 0 Å². The minimum atomic E-state index is 0.593. The number of thiophene rings is 2. The summed E-state index contributed by atoms with van der Waals surface area (Å²) in [5.74, 6) is 1.82. The summed E-state index contributed by atoms with van der Waals surface area (Å²) in [6.07, 6.45) is 0. The molecule has 0 aliphatic rings. The van der Waals surface area contributed by atoms with E-state index >= 15 is 0 Å². The second kappa shape index (κ2) is 14.4. The SMILES string of the molecule is c1ccc(-c2cccc(-c3nc(-c4ccccc4)nc(-c4cccc5oc6ccc(-c7cccc8sc9ccc(-c%10ccc%11c(c%10)sc%10ccccc%10%11)cc9c78)cc6c45)n3)c2)cc1. The van der Waals surface area contributed by atoms with Crippen LogP contribution >= 0.6 is 22.7 Å². The number of furan rings is 1. The van der Waals surface area contributed by atoms with Crippen LogP contribution in [0.15, 0.2) is 205 Å². The summed E-state index contributed by atoms with van der Waals surface area (Å²) >= 11 is 3.71. The average Bonchev–Trinajstić information content (AvgIpc) is 4.05. The predicted octanol–water partition coefficient (Wildman–Crippen LogP) is 16.5. The molecule has 6 heteroatoms. The molecule has 0 amide bonds. The van der Waals surface area contributed by atoms with Crippen LogP contribution in [0.4, 0.5) is 0 Å². The minimum absolute atomic E-state index is 0.593. The molecule has 0 N–H and O–H groups in total.